The molecule has 0 fully saturated rings. The zero-order chi connectivity index (χ0) is 13.1. The highest BCUT2D eigenvalue weighted by Crippen LogP contribution is 2.27. The number of aryl methyl sites for hydroxylation is 1. The van der Waals surface area contributed by atoms with Crippen LogP contribution in [0, 0.1) is 18.3 Å². The van der Waals surface area contributed by atoms with E-state index in [0.717, 1.165) is 6.42 Å². The number of nitrogens with two attached hydrogens (primary N) is 1. The van der Waals surface area contributed by atoms with Crippen LogP contribution < -0.4 is 5.73 Å². The van der Waals surface area contributed by atoms with Gasteiger partial charge in [-0.05, 0) is 27.2 Å². The Kier molecular flexibility index (Phi) is 4.02. The molecule has 1 atom stereocenters. The summed E-state index contributed by atoms with van der Waals surface area (Å²) < 4.78 is 5.68. The fraction of sp³-hybridized carbons (Fsp3) is 0.583. The van der Waals surface area contributed by atoms with E-state index in [4.69, 9.17) is 15.7 Å². The van der Waals surface area contributed by atoms with Crippen molar-refractivity contribution >= 4 is 5.82 Å². The number of anilines is 1. The summed E-state index contributed by atoms with van der Waals surface area (Å²) >= 11 is 0. The van der Waals surface area contributed by atoms with Crippen molar-refractivity contribution in [3.63, 3.8) is 0 Å². The molecule has 92 valence electrons. The summed E-state index contributed by atoms with van der Waals surface area (Å²) in [7, 11) is 0. The largest absolute Gasteiger partial charge is 0.382 e. The van der Waals surface area contributed by atoms with Crippen molar-refractivity contribution in [3.8, 4) is 6.07 Å². The van der Waals surface area contributed by atoms with E-state index in [1.165, 1.54) is 0 Å². The minimum Gasteiger partial charge on any atom is -0.382 e. The summed E-state index contributed by atoms with van der Waals surface area (Å²) in [5.41, 5.74) is 6.13. The van der Waals surface area contributed by atoms with Gasteiger partial charge in [-0.3, -0.25) is 0 Å². The lowest BCUT2D eigenvalue weighted by Gasteiger charge is -2.27. The number of hydrogen-bond acceptors (Lipinski definition) is 5. The third-order valence-corrected chi connectivity index (χ3v) is 2.84. The fourth-order valence-electron chi connectivity index (χ4n) is 1.61. The van der Waals surface area contributed by atoms with E-state index in [-0.39, 0.29) is 5.82 Å². The Labute approximate surface area is 102 Å². The molecule has 0 aromatic carbocycles. The van der Waals surface area contributed by atoms with Gasteiger partial charge in [-0.2, -0.15) is 5.26 Å². The maximum atomic E-state index is 8.91. The van der Waals surface area contributed by atoms with Crippen LogP contribution in [0.15, 0.2) is 0 Å². The zero-order valence-corrected chi connectivity index (χ0v) is 10.7. The van der Waals surface area contributed by atoms with Gasteiger partial charge in [0, 0.05) is 6.61 Å². The van der Waals surface area contributed by atoms with Crippen LogP contribution in [0.2, 0.25) is 0 Å². The molecule has 5 nitrogen and oxygen atoms in total. The highest BCUT2D eigenvalue weighted by atomic mass is 16.5. The molecule has 1 unspecified atom stereocenters. The summed E-state index contributed by atoms with van der Waals surface area (Å²) in [6.45, 7) is 8.18. The van der Waals surface area contributed by atoms with Gasteiger partial charge in [0.1, 0.15) is 23.1 Å². The Morgan fingerprint density at radius 2 is 2.06 bits per heavy atom. The molecule has 17 heavy (non-hydrogen) atoms. The minimum absolute atomic E-state index is 0.217. The first-order chi connectivity index (χ1) is 7.98. The standard InChI is InChI=1S/C12H18N4O/c1-5-12(4,17-6-2)11-15-8(3)9(7-13)10(14)16-11/h5-6H2,1-4H3,(H2,14,15,16). The number of hydrogen-bond donors (Lipinski definition) is 1. The van der Waals surface area contributed by atoms with Gasteiger partial charge in [-0.1, -0.05) is 6.92 Å². The molecule has 1 aromatic rings. The lowest BCUT2D eigenvalue weighted by atomic mass is 10.0. The van der Waals surface area contributed by atoms with Crippen LogP contribution in [0.3, 0.4) is 0 Å². The van der Waals surface area contributed by atoms with E-state index < -0.39 is 5.60 Å². The Hall–Kier alpha value is -1.67. The van der Waals surface area contributed by atoms with Gasteiger partial charge in [-0.15, -0.1) is 0 Å². The minimum atomic E-state index is -0.554. The topological polar surface area (TPSA) is 84.8 Å². The van der Waals surface area contributed by atoms with E-state index in [0.29, 0.717) is 23.7 Å². The van der Waals surface area contributed by atoms with Crippen LogP contribution in [-0.2, 0) is 10.3 Å². The van der Waals surface area contributed by atoms with E-state index >= 15 is 0 Å². The normalized spacial score (nSPS) is 14.1. The van der Waals surface area contributed by atoms with E-state index in [1.807, 2.05) is 26.8 Å². The Bertz CT molecular complexity index is 429. The number of nitrogens with zero attached hydrogens (tertiary/aromatic N) is 3. The van der Waals surface area contributed by atoms with Crippen LogP contribution in [0.25, 0.3) is 0 Å². The second kappa shape index (κ2) is 5.11. The maximum absolute atomic E-state index is 8.91. The molecule has 0 saturated carbocycles. The van der Waals surface area contributed by atoms with Crippen molar-refractivity contribution in [2.24, 2.45) is 0 Å². The predicted octanol–water partition coefficient (Wildman–Crippen LogP) is 1.90. The van der Waals surface area contributed by atoms with Crippen molar-refractivity contribution in [1.82, 2.24) is 9.97 Å². The van der Waals surface area contributed by atoms with Gasteiger partial charge >= 0.3 is 0 Å². The summed E-state index contributed by atoms with van der Waals surface area (Å²) in [4.78, 5) is 8.51. The van der Waals surface area contributed by atoms with Gasteiger partial charge in [0.2, 0.25) is 0 Å². The molecule has 0 amide bonds. The molecule has 0 spiro atoms. The number of ether oxygens (including phenoxy) is 1. The first-order valence-electron chi connectivity index (χ1n) is 5.67. The third-order valence-electron chi connectivity index (χ3n) is 2.84. The van der Waals surface area contributed by atoms with Crippen molar-refractivity contribution < 1.29 is 4.74 Å². The average molecular weight is 234 g/mol. The number of nitrogen functional groups attached to an aromatic ring is 1. The number of nitriles is 1. The SMILES string of the molecule is CCOC(C)(CC)c1nc(C)c(C#N)c(N)n1. The summed E-state index contributed by atoms with van der Waals surface area (Å²) in [5.74, 6) is 0.755. The molecule has 0 bridgehead atoms. The summed E-state index contributed by atoms with van der Waals surface area (Å²) in [6, 6.07) is 2.00. The molecule has 0 radical (unpaired) electrons. The van der Waals surface area contributed by atoms with Gasteiger partial charge in [0.15, 0.2) is 5.82 Å². The monoisotopic (exact) mass is 234 g/mol. The summed E-state index contributed by atoms with van der Waals surface area (Å²) in [5, 5.41) is 8.91. The van der Waals surface area contributed by atoms with Crippen LogP contribution in [0.4, 0.5) is 5.82 Å². The average Bonchev–Trinajstić information content (AvgIpc) is 2.28. The van der Waals surface area contributed by atoms with Crippen molar-refractivity contribution in [2.75, 3.05) is 12.3 Å². The molecule has 5 heteroatoms. The van der Waals surface area contributed by atoms with Crippen LogP contribution in [0.5, 0.6) is 0 Å². The quantitative estimate of drug-likeness (QED) is 0.860. The molecular formula is C12H18N4O. The molecule has 0 saturated heterocycles. The highest BCUT2D eigenvalue weighted by Gasteiger charge is 2.29. The van der Waals surface area contributed by atoms with Crippen molar-refractivity contribution in [3.05, 3.63) is 17.1 Å². The molecule has 0 aliphatic heterocycles. The second-order valence-electron chi connectivity index (χ2n) is 4.02. The van der Waals surface area contributed by atoms with Crippen molar-refractivity contribution in [2.45, 2.75) is 39.7 Å². The number of rotatable bonds is 4. The Morgan fingerprint density at radius 3 is 2.47 bits per heavy atom. The lowest BCUT2D eigenvalue weighted by Crippen LogP contribution is -2.29. The van der Waals surface area contributed by atoms with E-state index in [9.17, 15) is 0 Å². The summed E-state index contributed by atoms with van der Waals surface area (Å²) in [6.07, 6.45) is 0.742. The lowest BCUT2D eigenvalue weighted by molar-refractivity contribution is -0.0390. The molecule has 1 aromatic heterocycles. The Balaban J connectivity index is 3.29. The van der Waals surface area contributed by atoms with Crippen LogP contribution in [-0.4, -0.2) is 16.6 Å². The molecule has 2 N–H and O–H groups in total. The van der Waals surface area contributed by atoms with Gasteiger partial charge < -0.3 is 10.5 Å². The first-order valence-corrected chi connectivity index (χ1v) is 5.67. The molecular weight excluding hydrogens is 216 g/mol. The molecule has 1 rings (SSSR count). The van der Waals surface area contributed by atoms with E-state index in [2.05, 4.69) is 9.97 Å². The first kappa shape index (κ1) is 13.4. The second-order valence-corrected chi connectivity index (χ2v) is 4.02. The third kappa shape index (κ3) is 2.53. The van der Waals surface area contributed by atoms with Crippen LogP contribution >= 0.6 is 0 Å². The highest BCUT2D eigenvalue weighted by molar-refractivity contribution is 5.50. The zero-order valence-electron chi connectivity index (χ0n) is 10.7. The number of aromatic nitrogens is 2. The van der Waals surface area contributed by atoms with E-state index in [1.54, 1.807) is 6.92 Å². The molecule has 1 heterocycles. The smallest absolute Gasteiger partial charge is 0.162 e. The predicted molar refractivity (Wildman–Crippen MR) is 65.2 cm³/mol. The molecule has 0 aliphatic carbocycles. The van der Waals surface area contributed by atoms with Gasteiger partial charge in [0.05, 0.1) is 5.69 Å². The van der Waals surface area contributed by atoms with Crippen LogP contribution in [0.1, 0.15) is 44.3 Å². The molecule has 0 aliphatic rings. The fourth-order valence-corrected chi connectivity index (χ4v) is 1.61. The maximum Gasteiger partial charge on any atom is 0.162 e. The Morgan fingerprint density at radius 1 is 1.41 bits per heavy atom. The van der Waals surface area contributed by atoms with Crippen molar-refractivity contribution in [1.29, 1.82) is 5.26 Å². The van der Waals surface area contributed by atoms with Gasteiger partial charge in [0.25, 0.3) is 0 Å². The van der Waals surface area contributed by atoms with Gasteiger partial charge in [-0.25, -0.2) is 9.97 Å².